The van der Waals surface area contributed by atoms with Crippen LogP contribution < -0.4 is 10.6 Å². The summed E-state index contributed by atoms with van der Waals surface area (Å²) in [6.45, 7) is 3.57. The number of piperidine rings is 1. The third-order valence-electron chi connectivity index (χ3n) is 4.82. The summed E-state index contributed by atoms with van der Waals surface area (Å²) >= 11 is 0. The molecule has 24 heavy (non-hydrogen) atoms. The summed E-state index contributed by atoms with van der Waals surface area (Å²) in [6, 6.07) is 4.54. The fourth-order valence-electron chi connectivity index (χ4n) is 3.64. The summed E-state index contributed by atoms with van der Waals surface area (Å²) in [7, 11) is 0. The number of rotatable bonds is 3. The summed E-state index contributed by atoms with van der Waals surface area (Å²) in [5.41, 5.74) is -0.668. The van der Waals surface area contributed by atoms with Crippen LogP contribution in [0, 0.1) is 5.92 Å². The van der Waals surface area contributed by atoms with Gasteiger partial charge in [-0.1, -0.05) is 18.2 Å². The third-order valence-corrected chi connectivity index (χ3v) is 4.82. The van der Waals surface area contributed by atoms with Crippen molar-refractivity contribution in [3.05, 3.63) is 35.4 Å². The normalized spacial score (nSPS) is 24.0. The Morgan fingerprint density at radius 1 is 1.12 bits per heavy atom. The number of benzene rings is 1. The Balaban J connectivity index is 1.88. The van der Waals surface area contributed by atoms with Crippen LogP contribution in [0.15, 0.2) is 24.3 Å². The summed E-state index contributed by atoms with van der Waals surface area (Å²) < 4.78 is 40.1. The van der Waals surface area contributed by atoms with Gasteiger partial charge in [0.1, 0.15) is 6.04 Å². The second-order valence-electron chi connectivity index (χ2n) is 6.47. The average Bonchev–Trinajstić information content (AvgIpc) is 2.55. The van der Waals surface area contributed by atoms with Crippen LogP contribution in [-0.4, -0.2) is 43.5 Å². The summed E-state index contributed by atoms with van der Waals surface area (Å²) in [6.07, 6.45) is -2.48. The van der Waals surface area contributed by atoms with Crippen LogP contribution in [-0.2, 0) is 11.0 Å². The van der Waals surface area contributed by atoms with Gasteiger partial charge in [0, 0.05) is 19.6 Å². The number of carbonyl (C=O) groups excluding carboxylic acids is 1. The molecule has 0 bridgehead atoms. The number of nitrogens with one attached hydrogen (secondary N) is 2. The lowest BCUT2D eigenvalue weighted by molar-refractivity contribution is -0.140. The van der Waals surface area contributed by atoms with Gasteiger partial charge in [-0.25, -0.2) is 0 Å². The number of piperazine rings is 1. The van der Waals surface area contributed by atoms with Crippen LogP contribution in [0.1, 0.15) is 30.0 Å². The fraction of sp³-hybridized carbons (Fsp3) is 0.588. The number of hydrogen-bond acceptors (Lipinski definition) is 3. The molecule has 1 unspecified atom stereocenters. The topological polar surface area (TPSA) is 44.4 Å². The first-order valence-electron chi connectivity index (χ1n) is 8.35. The Labute approximate surface area is 139 Å². The van der Waals surface area contributed by atoms with E-state index in [1.54, 1.807) is 6.07 Å². The van der Waals surface area contributed by atoms with Gasteiger partial charge in [-0.05, 0) is 43.5 Å². The van der Waals surface area contributed by atoms with Gasteiger partial charge in [0.05, 0.1) is 5.56 Å². The zero-order valence-electron chi connectivity index (χ0n) is 13.4. The number of halogens is 3. The first-order valence-corrected chi connectivity index (χ1v) is 8.35. The van der Waals surface area contributed by atoms with Gasteiger partial charge in [-0.15, -0.1) is 0 Å². The van der Waals surface area contributed by atoms with Gasteiger partial charge in [-0.2, -0.15) is 13.2 Å². The highest BCUT2D eigenvalue weighted by atomic mass is 19.4. The van der Waals surface area contributed by atoms with E-state index in [9.17, 15) is 18.0 Å². The first kappa shape index (κ1) is 17.2. The Kier molecular flexibility index (Phi) is 5.10. The number of amides is 1. The SMILES string of the molecule is O=C1NCCN(CC2CCNCC2)C1c1ccccc1C(F)(F)F. The molecule has 2 saturated heterocycles. The molecule has 2 N–H and O–H groups in total. The highest BCUT2D eigenvalue weighted by Crippen LogP contribution is 2.37. The van der Waals surface area contributed by atoms with Gasteiger partial charge in [0.15, 0.2) is 0 Å². The van der Waals surface area contributed by atoms with E-state index in [1.807, 2.05) is 4.90 Å². The van der Waals surface area contributed by atoms with Crippen molar-refractivity contribution in [3.8, 4) is 0 Å². The van der Waals surface area contributed by atoms with E-state index in [-0.39, 0.29) is 11.5 Å². The second kappa shape index (κ2) is 7.11. The van der Waals surface area contributed by atoms with Crippen LogP contribution in [0.5, 0.6) is 0 Å². The highest BCUT2D eigenvalue weighted by molar-refractivity contribution is 5.84. The maximum absolute atomic E-state index is 13.4. The van der Waals surface area contributed by atoms with E-state index < -0.39 is 17.8 Å². The van der Waals surface area contributed by atoms with Crippen molar-refractivity contribution in [1.82, 2.24) is 15.5 Å². The van der Waals surface area contributed by atoms with Gasteiger partial charge >= 0.3 is 6.18 Å². The molecule has 1 aromatic rings. The maximum atomic E-state index is 13.4. The van der Waals surface area contributed by atoms with E-state index >= 15 is 0 Å². The van der Waals surface area contributed by atoms with Gasteiger partial charge < -0.3 is 10.6 Å². The van der Waals surface area contributed by atoms with Crippen molar-refractivity contribution < 1.29 is 18.0 Å². The summed E-state index contributed by atoms with van der Waals surface area (Å²) in [5, 5.41) is 6.00. The molecule has 2 fully saturated rings. The molecule has 7 heteroatoms. The predicted molar refractivity (Wildman–Crippen MR) is 84.4 cm³/mol. The van der Waals surface area contributed by atoms with E-state index in [1.165, 1.54) is 12.1 Å². The largest absolute Gasteiger partial charge is 0.416 e. The van der Waals surface area contributed by atoms with Crippen LogP contribution in [0.4, 0.5) is 13.2 Å². The molecule has 0 radical (unpaired) electrons. The van der Waals surface area contributed by atoms with Gasteiger partial charge in [0.2, 0.25) is 5.91 Å². The smallest absolute Gasteiger partial charge is 0.353 e. The lowest BCUT2D eigenvalue weighted by atomic mass is 9.93. The fourth-order valence-corrected chi connectivity index (χ4v) is 3.64. The molecule has 3 rings (SSSR count). The lowest BCUT2D eigenvalue weighted by Crippen LogP contribution is -2.52. The summed E-state index contributed by atoms with van der Waals surface area (Å²) in [5.74, 6) is 0.0737. The molecule has 1 aromatic carbocycles. The predicted octanol–water partition coefficient (Wildman–Crippen LogP) is 2.18. The van der Waals surface area contributed by atoms with Crippen molar-refractivity contribution in [2.75, 3.05) is 32.7 Å². The minimum absolute atomic E-state index is 0.0520. The molecule has 2 aliphatic heterocycles. The molecule has 1 atom stereocenters. The molecular formula is C17H22F3N3O. The van der Waals surface area contributed by atoms with Gasteiger partial charge in [0.25, 0.3) is 0 Å². The van der Waals surface area contributed by atoms with Crippen molar-refractivity contribution >= 4 is 5.91 Å². The Bertz CT molecular complexity index is 585. The second-order valence-corrected chi connectivity index (χ2v) is 6.47. The molecule has 4 nitrogen and oxygen atoms in total. The monoisotopic (exact) mass is 341 g/mol. The van der Waals surface area contributed by atoms with Crippen LogP contribution in [0.25, 0.3) is 0 Å². The zero-order valence-corrected chi connectivity index (χ0v) is 13.4. The number of hydrogen-bond donors (Lipinski definition) is 2. The van der Waals surface area contributed by atoms with Crippen LogP contribution >= 0.6 is 0 Å². The van der Waals surface area contributed by atoms with Gasteiger partial charge in [-0.3, -0.25) is 9.69 Å². The van der Waals surface area contributed by atoms with E-state index in [4.69, 9.17) is 0 Å². The molecule has 0 aromatic heterocycles. The first-order chi connectivity index (χ1) is 11.5. The van der Waals surface area contributed by atoms with E-state index in [0.717, 1.165) is 32.0 Å². The number of alkyl halides is 3. The van der Waals surface area contributed by atoms with Crippen molar-refractivity contribution in [3.63, 3.8) is 0 Å². The Morgan fingerprint density at radius 2 is 1.83 bits per heavy atom. The van der Waals surface area contributed by atoms with E-state index in [2.05, 4.69) is 10.6 Å². The quantitative estimate of drug-likeness (QED) is 0.886. The molecule has 132 valence electrons. The lowest BCUT2D eigenvalue weighted by Gasteiger charge is -2.39. The highest BCUT2D eigenvalue weighted by Gasteiger charge is 2.40. The molecule has 0 saturated carbocycles. The maximum Gasteiger partial charge on any atom is 0.416 e. The molecule has 0 aliphatic carbocycles. The third kappa shape index (κ3) is 3.72. The molecule has 0 spiro atoms. The number of carbonyl (C=O) groups is 1. The van der Waals surface area contributed by atoms with Crippen LogP contribution in [0.2, 0.25) is 0 Å². The molecular weight excluding hydrogens is 319 g/mol. The number of nitrogens with zero attached hydrogens (tertiary/aromatic N) is 1. The van der Waals surface area contributed by atoms with Crippen molar-refractivity contribution in [2.24, 2.45) is 5.92 Å². The molecule has 2 heterocycles. The van der Waals surface area contributed by atoms with Crippen LogP contribution in [0.3, 0.4) is 0 Å². The van der Waals surface area contributed by atoms with Crippen molar-refractivity contribution in [1.29, 1.82) is 0 Å². The Morgan fingerprint density at radius 3 is 2.54 bits per heavy atom. The average molecular weight is 341 g/mol. The molecule has 1 amide bonds. The standard InChI is InChI=1S/C17H22F3N3O/c18-17(19,20)14-4-2-1-3-13(14)15-16(24)22-9-10-23(15)11-12-5-7-21-8-6-12/h1-4,12,15,21H,5-11H2,(H,22,24). The minimum atomic E-state index is -4.46. The summed E-state index contributed by atoms with van der Waals surface area (Å²) in [4.78, 5) is 14.3. The Hall–Kier alpha value is -1.60. The van der Waals surface area contributed by atoms with Crippen molar-refractivity contribution in [2.45, 2.75) is 25.1 Å². The zero-order chi connectivity index (χ0) is 17.2. The van der Waals surface area contributed by atoms with E-state index in [0.29, 0.717) is 25.6 Å². The minimum Gasteiger partial charge on any atom is -0.353 e. The molecule has 2 aliphatic rings.